The number of hydrogen-bond acceptors (Lipinski definition) is 2. The average Bonchev–Trinajstić information content (AvgIpc) is 2.85. The van der Waals surface area contributed by atoms with Gasteiger partial charge in [-0.15, -0.1) is 0 Å². The van der Waals surface area contributed by atoms with Crippen LogP contribution in [-0.4, -0.2) is 16.9 Å². The molecule has 0 saturated heterocycles. The number of hydrogen-bond donors (Lipinski definition) is 3. The quantitative estimate of drug-likeness (QED) is 0.724. The molecule has 100 valence electrons. The second kappa shape index (κ2) is 4.96. The van der Waals surface area contributed by atoms with Crippen LogP contribution in [0.1, 0.15) is 42.6 Å². The Balaban J connectivity index is 1.79. The molecule has 4 nitrogen and oxygen atoms in total. The lowest BCUT2D eigenvalue weighted by atomic mass is 9.95. The number of anilines is 1. The number of carbonyl (C=O) groups is 1. The largest absolute Gasteiger partial charge is 0.397 e. The summed E-state index contributed by atoms with van der Waals surface area (Å²) in [5.74, 6) is -0.0255. The molecule has 1 aliphatic carbocycles. The Morgan fingerprint density at radius 1 is 1.26 bits per heavy atom. The van der Waals surface area contributed by atoms with E-state index in [4.69, 9.17) is 5.73 Å². The summed E-state index contributed by atoms with van der Waals surface area (Å²) < 4.78 is 0. The number of aromatic amines is 1. The first-order valence-corrected chi connectivity index (χ1v) is 6.92. The second-order valence-electron chi connectivity index (χ2n) is 5.30. The van der Waals surface area contributed by atoms with Gasteiger partial charge < -0.3 is 16.0 Å². The zero-order valence-electron chi connectivity index (χ0n) is 10.9. The topological polar surface area (TPSA) is 70.9 Å². The highest BCUT2D eigenvalue weighted by Crippen LogP contribution is 2.22. The number of amides is 1. The molecule has 1 amide bonds. The third kappa shape index (κ3) is 2.43. The first-order valence-electron chi connectivity index (χ1n) is 6.92. The predicted molar refractivity (Wildman–Crippen MR) is 77.1 cm³/mol. The van der Waals surface area contributed by atoms with Gasteiger partial charge in [0.15, 0.2) is 0 Å². The molecule has 0 spiro atoms. The van der Waals surface area contributed by atoms with Crippen LogP contribution in [0.15, 0.2) is 24.3 Å². The molecule has 4 N–H and O–H groups in total. The molecule has 4 heteroatoms. The van der Waals surface area contributed by atoms with Crippen LogP contribution in [0.5, 0.6) is 0 Å². The van der Waals surface area contributed by atoms with Crippen LogP contribution in [-0.2, 0) is 0 Å². The van der Waals surface area contributed by atoms with Gasteiger partial charge in [0.05, 0.1) is 11.2 Å². The molecule has 3 rings (SSSR count). The first-order chi connectivity index (χ1) is 9.24. The first kappa shape index (κ1) is 12.1. The van der Waals surface area contributed by atoms with Crippen molar-refractivity contribution in [2.75, 3.05) is 5.73 Å². The lowest BCUT2D eigenvalue weighted by Gasteiger charge is -2.22. The van der Waals surface area contributed by atoms with Gasteiger partial charge in [-0.05, 0) is 25.0 Å². The average molecular weight is 257 g/mol. The fourth-order valence-corrected chi connectivity index (χ4v) is 2.81. The summed E-state index contributed by atoms with van der Waals surface area (Å²) in [6.45, 7) is 0. The summed E-state index contributed by atoms with van der Waals surface area (Å²) in [5.41, 5.74) is 8.01. The number of nitrogens with one attached hydrogen (secondary N) is 2. The van der Waals surface area contributed by atoms with Gasteiger partial charge in [0, 0.05) is 11.4 Å². The fraction of sp³-hybridized carbons (Fsp3) is 0.400. The van der Waals surface area contributed by atoms with Gasteiger partial charge in [-0.1, -0.05) is 31.4 Å². The highest BCUT2D eigenvalue weighted by molar-refractivity contribution is 6.00. The van der Waals surface area contributed by atoms with Crippen molar-refractivity contribution in [1.82, 2.24) is 10.3 Å². The van der Waals surface area contributed by atoms with Crippen LogP contribution in [0.4, 0.5) is 5.69 Å². The number of rotatable bonds is 2. The van der Waals surface area contributed by atoms with Crippen LogP contribution in [0.25, 0.3) is 10.9 Å². The van der Waals surface area contributed by atoms with Gasteiger partial charge in [-0.2, -0.15) is 0 Å². The van der Waals surface area contributed by atoms with Crippen molar-refractivity contribution in [3.8, 4) is 0 Å². The molecule has 1 heterocycles. The van der Waals surface area contributed by atoms with E-state index in [-0.39, 0.29) is 5.91 Å². The number of aromatic nitrogens is 1. The lowest BCUT2D eigenvalue weighted by molar-refractivity contribution is 0.0923. The molecule has 19 heavy (non-hydrogen) atoms. The molecule has 2 aromatic rings. The normalized spacial score (nSPS) is 16.6. The summed E-state index contributed by atoms with van der Waals surface area (Å²) in [7, 11) is 0. The maximum absolute atomic E-state index is 12.2. The molecular weight excluding hydrogens is 238 g/mol. The van der Waals surface area contributed by atoms with E-state index in [9.17, 15) is 4.79 Å². The molecular formula is C15H19N3O. The maximum Gasteiger partial charge on any atom is 0.267 e. The Bertz CT molecular complexity index is 596. The van der Waals surface area contributed by atoms with Crippen LogP contribution in [0.2, 0.25) is 0 Å². The molecule has 1 aliphatic rings. The maximum atomic E-state index is 12.2. The van der Waals surface area contributed by atoms with Crippen molar-refractivity contribution in [1.29, 1.82) is 0 Å². The van der Waals surface area contributed by atoms with Gasteiger partial charge in [0.25, 0.3) is 5.91 Å². The van der Waals surface area contributed by atoms with E-state index in [1.54, 1.807) is 0 Å². The summed E-state index contributed by atoms with van der Waals surface area (Å²) >= 11 is 0. The number of fused-ring (bicyclic) bond motifs is 1. The Labute approximate surface area is 112 Å². The Kier molecular flexibility index (Phi) is 3.15. The van der Waals surface area contributed by atoms with Crippen molar-refractivity contribution in [3.05, 3.63) is 30.0 Å². The Morgan fingerprint density at radius 3 is 2.79 bits per heavy atom. The van der Waals surface area contributed by atoms with Crippen LogP contribution >= 0.6 is 0 Å². The van der Waals surface area contributed by atoms with Crippen molar-refractivity contribution in [2.24, 2.45) is 0 Å². The molecule has 1 aromatic carbocycles. The molecule has 0 unspecified atom stereocenters. The van der Waals surface area contributed by atoms with E-state index < -0.39 is 0 Å². The second-order valence-corrected chi connectivity index (χ2v) is 5.30. The third-order valence-electron chi connectivity index (χ3n) is 3.87. The van der Waals surface area contributed by atoms with Crippen LogP contribution < -0.4 is 11.1 Å². The van der Waals surface area contributed by atoms with Gasteiger partial charge in [-0.25, -0.2) is 0 Å². The minimum absolute atomic E-state index is 0.0255. The van der Waals surface area contributed by atoms with Crippen molar-refractivity contribution < 1.29 is 4.79 Å². The minimum atomic E-state index is -0.0255. The van der Waals surface area contributed by atoms with Crippen molar-refractivity contribution >= 4 is 22.5 Å². The smallest absolute Gasteiger partial charge is 0.267 e. The number of nitrogens with two attached hydrogens (primary N) is 1. The van der Waals surface area contributed by atoms with E-state index in [1.165, 1.54) is 19.3 Å². The van der Waals surface area contributed by atoms with Crippen LogP contribution in [0, 0.1) is 0 Å². The van der Waals surface area contributed by atoms with E-state index >= 15 is 0 Å². The van der Waals surface area contributed by atoms with Gasteiger partial charge in [0.2, 0.25) is 0 Å². The minimum Gasteiger partial charge on any atom is -0.397 e. The monoisotopic (exact) mass is 257 g/mol. The molecule has 0 aliphatic heterocycles. The highest BCUT2D eigenvalue weighted by Gasteiger charge is 2.18. The van der Waals surface area contributed by atoms with Gasteiger partial charge in [-0.3, -0.25) is 4.79 Å². The summed E-state index contributed by atoms with van der Waals surface area (Å²) in [6.07, 6.45) is 5.90. The molecule has 1 aromatic heterocycles. The standard InChI is InChI=1S/C15H19N3O/c16-12-8-4-5-10-9-13(18-14(10)12)15(19)17-11-6-2-1-3-7-11/h4-5,8-9,11,18H,1-3,6-7,16H2,(H,17,19). The van der Waals surface area contributed by atoms with E-state index in [0.717, 1.165) is 23.7 Å². The number of benzene rings is 1. The van der Waals surface area contributed by atoms with Gasteiger partial charge >= 0.3 is 0 Å². The molecule has 1 fully saturated rings. The summed E-state index contributed by atoms with van der Waals surface area (Å²) in [6, 6.07) is 7.88. The molecule has 0 atom stereocenters. The summed E-state index contributed by atoms with van der Waals surface area (Å²) in [4.78, 5) is 15.3. The molecule has 1 saturated carbocycles. The van der Waals surface area contributed by atoms with E-state index in [2.05, 4.69) is 10.3 Å². The Morgan fingerprint density at radius 2 is 2.05 bits per heavy atom. The molecule has 0 radical (unpaired) electrons. The van der Waals surface area contributed by atoms with Crippen molar-refractivity contribution in [3.63, 3.8) is 0 Å². The van der Waals surface area contributed by atoms with E-state index in [1.807, 2.05) is 24.3 Å². The fourth-order valence-electron chi connectivity index (χ4n) is 2.81. The summed E-state index contributed by atoms with van der Waals surface area (Å²) in [5, 5.41) is 4.08. The number of H-pyrrole nitrogens is 1. The predicted octanol–water partition coefficient (Wildman–Crippen LogP) is 2.81. The van der Waals surface area contributed by atoms with Crippen LogP contribution in [0.3, 0.4) is 0 Å². The zero-order chi connectivity index (χ0) is 13.2. The number of carbonyl (C=O) groups excluding carboxylic acids is 1. The lowest BCUT2D eigenvalue weighted by Crippen LogP contribution is -2.36. The SMILES string of the molecule is Nc1cccc2cc(C(=O)NC3CCCCC3)[nH]c12. The van der Waals surface area contributed by atoms with Crippen molar-refractivity contribution in [2.45, 2.75) is 38.1 Å². The van der Waals surface area contributed by atoms with Gasteiger partial charge in [0.1, 0.15) is 5.69 Å². The number of para-hydroxylation sites is 1. The molecule has 0 bridgehead atoms. The zero-order valence-corrected chi connectivity index (χ0v) is 10.9. The number of nitrogen functional groups attached to an aromatic ring is 1. The Hall–Kier alpha value is -1.97. The van der Waals surface area contributed by atoms with E-state index in [0.29, 0.717) is 17.4 Å². The highest BCUT2D eigenvalue weighted by atomic mass is 16.1. The third-order valence-corrected chi connectivity index (χ3v) is 3.87.